The summed E-state index contributed by atoms with van der Waals surface area (Å²) >= 11 is 6.31. The van der Waals surface area contributed by atoms with E-state index in [9.17, 15) is 9.59 Å². The van der Waals surface area contributed by atoms with Gasteiger partial charge in [0, 0.05) is 29.4 Å². The number of carbonyl (C=O) groups excluding carboxylic acids is 2. The number of halogens is 1. The molecular formula is C20H27ClN2O3. The SMILES string of the molecule is CCOC(=O)/C=C/C(=O)N(CCCN(C)C)c1ccc(Cl)c(C2CC2)c1. The maximum absolute atomic E-state index is 12.7. The quantitative estimate of drug-likeness (QED) is 0.486. The minimum absolute atomic E-state index is 0.235. The zero-order valence-electron chi connectivity index (χ0n) is 15.7. The van der Waals surface area contributed by atoms with E-state index in [1.54, 1.807) is 11.8 Å². The highest BCUT2D eigenvalue weighted by molar-refractivity contribution is 6.31. The normalized spacial score (nSPS) is 14.0. The molecule has 0 saturated heterocycles. The molecule has 0 bridgehead atoms. The summed E-state index contributed by atoms with van der Waals surface area (Å²) in [6.45, 7) is 3.45. The lowest BCUT2D eigenvalue weighted by molar-refractivity contribution is -0.137. The minimum Gasteiger partial charge on any atom is -0.463 e. The lowest BCUT2D eigenvalue weighted by Gasteiger charge is -2.23. The van der Waals surface area contributed by atoms with Gasteiger partial charge in [-0.3, -0.25) is 4.79 Å². The second-order valence-corrected chi connectivity index (χ2v) is 7.12. The van der Waals surface area contributed by atoms with Gasteiger partial charge in [-0.15, -0.1) is 0 Å². The number of carbonyl (C=O) groups is 2. The standard InChI is InChI=1S/C20H27ClN2O3/c1-4-26-20(25)11-10-19(24)23(13-5-12-22(2)3)16-8-9-18(21)17(14-16)15-6-7-15/h8-11,14-15H,4-7,12-13H2,1-3H3/b11-10+. The Morgan fingerprint density at radius 2 is 1.96 bits per heavy atom. The summed E-state index contributed by atoms with van der Waals surface area (Å²) < 4.78 is 4.84. The molecule has 0 atom stereocenters. The smallest absolute Gasteiger partial charge is 0.330 e. The Morgan fingerprint density at radius 3 is 2.58 bits per heavy atom. The maximum Gasteiger partial charge on any atom is 0.330 e. The highest BCUT2D eigenvalue weighted by Crippen LogP contribution is 2.44. The number of anilines is 1. The number of esters is 1. The molecule has 1 fully saturated rings. The van der Waals surface area contributed by atoms with Crippen LogP contribution < -0.4 is 4.90 Å². The first-order chi connectivity index (χ1) is 12.4. The largest absolute Gasteiger partial charge is 0.463 e. The van der Waals surface area contributed by atoms with Gasteiger partial charge < -0.3 is 14.5 Å². The van der Waals surface area contributed by atoms with Gasteiger partial charge in [-0.05, 0) is 76.5 Å². The van der Waals surface area contributed by atoms with E-state index in [2.05, 4.69) is 4.90 Å². The highest BCUT2D eigenvalue weighted by atomic mass is 35.5. The molecule has 6 heteroatoms. The van der Waals surface area contributed by atoms with Gasteiger partial charge in [0.1, 0.15) is 0 Å². The molecule has 0 N–H and O–H groups in total. The van der Waals surface area contributed by atoms with Crippen molar-refractivity contribution >= 4 is 29.2 Å². The second-order valence-electron chi connectivity index (χ2n) is 6.71. The van der Waals surface area contributed by atoms with E-state index < -0.39 is 5.97 Å². The van der Waals surface area contributed by atoms with E-state index in [0.29, 0.717) is 12.5 Å². The van der Waals surface area contributed by atoms with E-state index in [-0.39, 0.29) is 12.5 Å². The first-order valence-corrected chi connectivity index (χ1v) is 9.40. The average Bonchev–Trinajstić information content (AvgIpc) is 3.42. The van der Waals surface area contributed by atoms with Crippen LogP contribution in [0.5, 0.6) is 0 Å². The van der Waals surface area contributed by atoms with E-state index in [0.717, 1.165) is 42.1 Å². The van der Waals surface area contributed by atoms with Crippen LogP contribution in [0.4, 0.5) is 5.69 Å². The monoisotopic (exact) mass is 378 g/mol. The molecule has 0 aromatic heterocycles. The zero-order chi connectivity index (χ0) is 19.1. The summed E-state index contributed by atoms with van der Waals surface area (Å²) in [5.41, 5.74) is 1.91. The van der Waals surface area contributed by atoms with Crippen LogP contribution in [0, 0.1) is 0 Å². The van der Waals surface area contributed by atoms with E-state index in [4.69, 9.17) is 16.3 Å². The Labute approximate surface area is 160 Å². The van der Waals surface area contributed by atoms with Crippen molar-refractivity contribution in [1.82, 2.24) is 4.90 Å². The Hall–Kier alpha value is -1.85. The molecule has 0 aliphatic heterocycles. The van der Waals surface area contributed by atoms with Gasteiger partial charge in [-0.2, -0.15) is 0 Å². The number of ether oxygens (including phenoxy) is 1. The predicted octanol–water partition coefficient (Wildman–Crippen LogP) is 3.62. The maximum atomic E-state index is 12.7. The van der Waals surface area contributed by atoms with Crippen LogP contribution in [0.25, 0.3) is 0 Å². The summed E-state index contributed by atoms with van der Waals surface area (Å²) in [5, 5.41) is 0.749. The molecule has 1 aliphatic rings. The molecule has 1 amide bonds. The van der Waals surface area contributed by atoms with Crippen LogP contribution in [-0.4, -0.2) is 50.6 Å². The van der Waals surface area contributed by atoms with Crippen LogP contribution in [0.1, 0.15) is 37.7 Å². The van der Waals surface area contributed by atoms with Crippen molar-refractivity contribution in [3.05, 3.63) is 40.9 Å². The highest BCUT2D eigenvalue weighted by Gasteiger charge is 2.27. The number of benzene rings is 1. The fourth-order valence-electron chi connectivity index (χ4n) is 2.74. The molecule has 0 radical (unpaired) electrons. The van der Waals surface area contributed by atoms with Crippen LogP contribution in [0.2, 0.25) is 5.02 Å². The molecule has 26 heavy (non-hydrogen) atoms. The van der Waals surface area contributed by atoms with Gasteiger partial charge in [0.2, 0.25) is 0 Å². The molecule has 142 valence electrons. The van der Waals surface area contributed by atoms with Crippen molar-refractivity contribution < 1.29 is 14.3 Å². The van der Waals surface area contributed by atoms with E-state index in [1.165, 1.54) is 12.2 Å². The van der Waals surface area contributed by atoms with E-state index in [1.807, 2.05) is 32.3 Å². The van der Waals surface area contributed by atoms with Crippen molar-refractivity contribution in [2.75, 3.05) is 38.7 Å². The predicted molar refractivity (Wildman–Crippen MR) is 105 cm³/mol. The lowest BCUT2D eigenvalue weighted by Crippen LogP contribution is -2.32. The van der Waals surface area contributed by atoms with Gasteiger partial charge >= 0.3 is 5.97 Å². The average molecular weight is 379 g/mol. The summed E-state index contributed by atoms with van der Waals surface area (Å²) in [7, 11) is 4.00. The molecule has 1 saturated carbocycles. The first kappa shape index (κ1) is 20.5. The fourth-order valence-corrected chi connectivity index (χ4v) is 3.01. The first-order valence-electron chi connectivity index (χ1n) is 9.03. The van der Waals surface area contributed by atoms with Crippen LogP contribution in [0.3, 0.4) is 0 Å². The number of nitrogens with zero attached hydrogens (tertiary/aromatic N) is 2. The van der Waals surface area contributed by atoms with Gasteiger partial charge in [-0.1, -0.05) is 11.6 Å². The van der Waals surface area contributed by atoms with Crippen LogP contribution in [0.15, 0.2) is 30.4 Å². The topological polar surface area (TPSA) is 49.9 Å². The Balaban J connectivity index is 2.18. The van der Waals surface area contributed by atoms with Crippen molar-refractivity contribution in [3.63, 3.8) is 0 Å². The molecule has 0 unspecified atom stereocenters. The number of rotatable bonds is 9. The van der Waals surface area contributed by atoms with Crippen molar-refractivity contribution in [2.24, 2.45) is 0 Å². The fraction of sp³-hybridized carbons (Fsp3) is 0.500. The molecule has 5 nitrogen and oxygen atoms in total. The molecule has 1 aliphatic carbocycles. The van der Waals surface area contributed by atoms with Crippen LogP contribution in [-0.2, 0) is 14.3 Å². The third-order valence-corrected chi connectivity index (χ3v) is 4.55. The molecule has 0 heterocycles. The van der Waals surface area contributed by atoms with Gasteiger partial charge in [0.05, 0.1) is 6.61 Å². The third kappa shape index (κ3) is 6.15. The molecule has 0 spiro atoms. The number of hydrogen-bond acceptors (Lipinski definition) is 4. The molecule has 2 rings (SSSR count). The van der Waals surface area contributed by atoms with Crippen LogP contribution >= 0.6 is 11.6 Å². The van der Waals surface area contributed by atoms with Gasteiger partial charge in [0.15, 0.2) is 0 Å². The van der Waals surface area contributed by atoms with Crippen molar-refractivity contribution in [3.8, 4) is 0 Å². The lowest BCUT2D eigenvalue weighted by atomic mass is 10.1. The Kier molecular flexibility index (Phi) is 7.66. The zero-order valence-corrected chi connectivity index (χ0v) is 16.5. The number of amides is 1. The Morgan fingerprint density at radius 1 is 1.23 bits per heavy atom. The Bertz CT molecular complexity index is 669. The van der Waals surface area contributed by atoms with E-state index >= 15 is 0 Å². The van der Waals surface area contributed by atoms with Gasteiger partial charge in [0.25, 0.3) is 5.91 Å². The minimum atomic E-state index is -0.510. The third-order valence-electron chi connectivity index (χ3n) is 4.21. The number of hydrogen-bond donors (Lipinski definition) is 0. The summed E-state index contributed by atoms with van der Waals surface area (Å²) in [6.07, 6.45) is 5.57. The van der Waals surface area contributed by atoms with Crippen molar-refractivity contribution in [1.29, 1.82) is 0 Å². The summed E-state index contributed by atoms with van der Waals surface area (Å²) in [5.74, 6) is -0.249. The summed E-state index contributed by atoms with van der Waals surface area (Å²) in [4.78, 5) is 28.0. The summed E-state index contributed by atoms with van der Waals surface area (Å²) in [6, 6.07) is 5.72. The second kappa shape index (κ2) is 9.74. The molecule has 1 aromatic carbocycles. The molecule has 1 aromatic rings. The molecular weight excluding hydrogens is 352 g/mol. The van der Waals surface area contributed by atoms with Gasteiger partial charge in [-0.25, -0.2) is 4.79 Å². The van der Waals surface area contributed by atoms with Crippen molar-refractivity contribution in [2.45, 2.75) is 32.1 Å².